The minimum absolute atomic E-state index is 0.297. The first kappa shape index (κ1) is 22.1. The van der Waals surface area contributed by atoms with E-state index in [1.807, 2.05) is 37.3 Å². The molecule has 0 unspecified atom stereocenters. The second-order valence-corrected chi connectivity index (χ2v) is 7.95. The molecule has 1 fully saturated rings. The Morgan fingerprint density at radius 1 is 1.17 bits per heavy atom. The first-order valence-corrected chi connectivity index (χ1v) is 10.5. The zero-order valence-electron chi connectivity index (χ0n) is 17.7. The zero-order chi connectivity index (χ0) is 21.5. The number of carbonyl (C=O) groups is 1. The van der Waals surface area contributed by atoms with Crippen molar-refractivity contribution < 1.29 is 14.3 Å². The van der Waals surface area contributed by atoms with Crippen molar-refractivity contribution >= 4 is 29.0 Å². The van der Waals surface area contributed by atoms with Crippen molar-refractivity contribution in [2.24, 2.45) is 0 Å². The third-order valence-electron chi connectivity index (χ3n) is 5.33. The van der Waals surface area contributed by atoms with E-state index in [9.17, 15) is 4.79 Å². The normalized spacial score (nSPS) is 14.8. The molecule has 0 saturated carbocycles. The van der Waals surface area contributed by atoms with Crippen LogP contribution >= 0.6 is 12.2 Å². The van der Waals surface area contributed by atoms with Gasteiger partial charge in [-0.15, -0.1) is 0 Å². The molecule has 2 aromatic carbocycles. The van der Waals surface area contributed by atoms with E-state index in [1.54, 1.807) is 12.1 Å². The van der Waals surface area contributed by atoms with Crippen molar-refractivity contribution in [1.29, 1.82) is 0 Å². The third-order valence-corrected chi connectivity index (χ3v) is 5.58. The van der Waals surface area contributed by atoms with Gasteiger partial charge in [-0.2, -0.15) is 0 Å². The van der Waals surface area contributed by atoms with Crippen LogP contribution in [0.1, 0.15) is 34.3 Å². The number of hydrogen-bond donors (Lipinski definition) is 2. The third kappa shape index (κ3) is 5.93. The number of piperidine rings is 1. The predicted molar refractivity (Wildman–Crippen MR) is 123 cm³/mol. The van der Waals surface area contributed by atoms with Crippen molar-refractivity contribution in [2.45, 2.75) is 32.4 Å². The number of benzene rings is 2. The first-order valence-electron chi connectivity index (χ1n) is 10.1. The van der Waals surface area contributed by atoms with Gasteiger partial charge in [-0.3, -0.25) is 0 Å². The molecule has 30 heavy (non-hydrogen) atoms. The number of ether oxygens (including phenoxy) is 2. The fourth-order valence-electron chi connectivity index (χ4n) is 3.43. The first-order chi connectivity index (χ1) is 14.5. The Morgan fingerprint density at radius 3 is 2.53 bits per heavy atom. The van der Waals surface area contributed by atoms with Gasteiger partial charge >= 0.3 is 5.97 Å². The Hall–Kier alpha value is -2.64. The van der Waals surface area contributed by atoms with Crippen molar-refractivity contribution in [3.8, 4) is 5.75 Å². The maximum absolute atomic E-state index is 11.8. The molecule has 6 nitrogen and oxygen atoms in total. The minimum Gasteiger partial charge on any atom is -0.490 e. The number of carbonyl (C=O) groups excluding carboxylic acids is 1. The van der Waals surface area contributed by atoms with Gasteiger partial charge in [-0.25, -0.2) is 4.79 Å². The van der Waals surface area contributed by atoms with Crippen LogP contribution in [0.4, 0.5) is 5.69 Å². The Balaban J connectivity index is 1.50. The van der Waals surface area contributed by atoms with Gasteiger partial charge in [-0.05, 0) is 74.4 Å². The summed E-state index contributed by atoms with van der Waals surface area (Å²) in [4.78, 5) is 14.2. The molecule has 7 heteroatoms. The van der Waals surface area contributed by atoms with E-state index in [2.05, 4.69) is 22.6 Å². The number of esters is 1. The summed E-state index contributed by atoms with van der Waals surface area (Å²) in [5.74, 6) is 0.543. The van der Waals surface area contributed by atoms with Crippen LogP contribution in [0.15, 0.2) is 42.5 Å². The van der Waals surface area contributed by atoms with Crippen LogP contribution in [0.2, 0.25) is 0 Å². The molecule has 160 valence electrons. The molecule has 1 aliphatic rings. The molecule has 1 saturated heterocycles. The number of likely N-dealkylation sites (tertiary alicyclic amines) is 1. The molecule has 0 aromatic heterocycles. The highest BCUT2D eigenvalue weighted by molar-refractivity contribution is 7.80. The molecule has 0 spiro atoms. The summed E-state index contributed by atoms with van der Waals surface area (Å²) < 4.78 is 10.9. The smallest absolute Gasteiger partial charge is 0.338 e. The van der Waals surface area contributed by atoms with E-state index in [-0.39, 0.29) is 5.97 Å². The SMILES string of the molecule is COC(=O)c1cccc(NC(=S)NCc2ccc(OC3CCN(C)CC3)cc2)c1C. The van der Waals surface area contributed by atoms with Crippen molar-refractivity contribution in [2.75, 3.05) is 32.6 Å². The van der Waals surface area contributed by atoms with Gasteiger partial charge in [0.05, 0.1) is 12.7 Å². The summed E-state index contributed by atoms with van der Waals surface area (Å²) in [6, 6.07) is 13.5. The molecule has 1 heterocycles. The monoisotopic (exact) mass is 427 g/mol. The van der Waals surface area contributed by atoms with Crippen LogP contribution < -0.4 is 15.4 Å². The lowest BCUT2D eigenvalue weighted by atomic mass is 10.1. The predicted octanol–water partition coefficient (Wildman–Crippen LogP) is 3.74. The van der Waals surface area contributed by atoms with Gasteiger partial charge in [0.15, 0.2) is 5.11 Å². The number of hydrogen-bond acceptors (Lipinski definition) is 5. The van der Waals surface area contributed by atoms with E-state index >= 15 is 0 Å². The van der Waals surface area contributed by atoms with Gasteiger partial charge in [0.2, 0.25) is 0 Å². The van der Waals surface area contributed by atoms with Crippen LogP contribution in [0.25, 0.3) is 0 Å². The molecule has 1 aliphatic heterocycles. The number of methoxy groups -OCH3 is 1. The second-order valence-electron chi connectivity index (χ2n) is 7.54. The van der Waals surface area contributed by atoms with Crippen LogP contribution in [0.3, 0.4) is 0 Å². The standard InChI is InChI=1S/C23H29N3O3S/c1-16-20(22(27)28-3)5-4-6-21(16)25-23(30)24-15-17-7-9-18(10-8-17)29-19-11-13-26(2)14-12-19/h4-10,19H,11-15H2,1-3H3,(H2,24,25,30). The van der Waals surface area contributed by atoms with Gasteiger partial charge < -0.3 is 25.0 Å². The van der Waals surface area contributed by atoms with E-state index < -0.39 is 0 Å². The molecule has 0 amide bonds. The van der Waals surface area contributed by atoms with Gasteiger partial charge in [0, 0.05) is 25.3 Å². The second kappa shape index (κ2) is 10.4. The van der Waals surface area contributed by atoms with Crippen molar-refractivity contribution in [3.63, 3.8) is 0 Å². The van der Waals surface area contributed by atoms with Gasteiger partial charge in [-0.1, -0.05) is 18.2 Å². The largest absolute Gasteiger partial charge is 0.490 e. The molecule has 0 aliphatic carbocycles. The van der Waals surface area contributed by atoms with Crippen LogP contribution in [-0.4, -0.2) is 49.3 Å². The fourth-order valence-corrected chi connectivity index (χ4v) is 3.61. The van der Waals surface area contributed by atoms with Crippen LogP contribution in [0, 0.1) is 6.92 Å². The maximum atomic E-state index is 11.8. The van der Waals surface area contributed by atoms with Crippen LogP contribution in [-0.2, 0) is 11.3 Å². The molecule has 2 N–H and O–H groups in total. The summed E-state index contributed by atoms with van der Waals surface area (Å²) in [6.45, 7) is 4.62. The lowest BCUT2D eigenvalue weighted by Gasteiger charge is -2.29. The molecular formula is C23H29N3O3S. The summed E-state index contributed by atoms with van der Waals surface area (Å²) >= 11 is 5.41. The van der Waals surface area contributed by atoms with Crippen molar-refractivity contribution in [3.05, 3.63) is 59.2 Å². The summed E-state index contributed by atoms with van der Waals surface area (Å²) in [5.41, 5.74) is 3.20. The zero-order valence-corrected chi connectivity index (χ0v) is 18.6. The summed E-state index contributed by atoms with van der Waals surface area (Å²) in [7, 11) is 3.52. The average Bonchev–Trinajstić information content (AvgIpc) is 2.76. The summed E-state index contributed by atoms with van der Waals surface area (Å²) in [6.07, 6.45) is 2.43. The summed E-state index contributed by atoms with van der Waals surface area (Å²) in [5, 5.41) is 6.85. The number of thiocarbonyl (C=S) groups is 1. The van der Waals surface area contributed by atoms with Crippen LogP contribution in [0.5, 0.6) is 5.75 Å². The highest BCUT2D eigenvalue weighted by Gasteiger charge is 2.18. The Labute approximate surface area is 183 Å². The molecule has 0 atom stereocenters. The van der Waals surface area contributed by atoms with Gasteiger partial charge in [0.25, 0.3) is 0 Å². The molecular weight excluding hydrogens is 398 g/mol. The number of nitrogens with zero attached hydrogens (tertiary/aromatic N) is 1. The number of nitrogens with one attached hydrogen (secondary N) is 2. The fraction of sp³-hybridized carbons (Fsp3) is 0.391. The minimum atomic E-state index is -0.363. The molecule has 0 bridgehead atoms. The van der Waals surface area contributed by atoms with Gasteiger partial charge in [0.1, 0.15) is 11.9 Å². The Bertz CT molecular complexity index is 878. The van der Waals surface area contributed by atoms with E-state index in [0.29, 0.717) is 23.3 Å². The number of anilines is 1. The highest BCUT2D eigenvalue weighted by atomic mass is 32.1. The maximum Gasteiger partial charge on any atom is 0.338 e. The average molecular weight is 428 g/mol. The Morgan fingerprint density at radius 2 is 1.87 bits per heavy atom. The lowest BCUT2D eigenvalue weighted by molar-refractivity contribution is 0.0600. The van der Waals surface area contributed by atoms with E-state index in [4.69, 9.17) is 21.7 Å². The molecule has 3 rings (SSSR count). The van der Waals surface area contributed by atoms with E-state index in [0.717, 1.165) is 48.5 Å². The number of rotatable bonds is 6. The quantitative estimate of drug-likeness (QED) is 0.538. The van der Waals surface area contributed by atoms with Crippen molar-refractivity contribution in [1.82, 2.24) is 10.2 Å². The Kier molecular flexibility index (Phi) is 7.65. The highest BCUT2D eigenvalue weighted by Crippen LogP contribution is 2.21. The lowest BCUT2D eigenvalue weighted by Crippen LogP contribution is -2.35. The molecule has 0 radical (unpaired) electrons. The topological polar surface area (TPSA) is 62.8 Å². The van der Waals surface area contributed by atoms with E-state index in [1.165, 1.54) is 7.11 Å². The molecule has 2 aromatic rings.